The summed E-state index contributed by atoms with van der Waals surface area (Å²) in [5, 5.41) is 0. The van der Waals surface area contributed by atoms with Crippen LogP contribution >= 0.6 is 0 Å². The molecule has 3 aliphatic heterocycles. The van der Waals surface area contributed by atoms with E-state index < -0.39 is 0 Å². The van der Waals surface area contributed by atoms with Crippen molar-refractivity contribution in [2.45, 2.75) is 107 Å². The fourth-order valence-corrected chi connectivity index (χ4v) is 7.67. The van der Waals surface area contributed by atoms with E-state index in [0.29, 0.717) is 60.4 Å². The quantitative estimate of drug-likeness (QED) is 0.0670. The van der Waals surface area contributed by atoms with Crippen LogP contribution in [0.1, 0.15) is 113 Å². The van der Waals surface area contributed by atoms with Gasteiger partial charge in [-0.15, -0.1) is 0 Å². The highest BCUT2D eigenvalue weighted by Gasteiger charge is 2.30. The molecule has 2 aromatic carbocycles. The maximum Gasteiger partial charge on any atom is 0.320 e. The lowest BCUT2D eigenvalue weighted by Gasteiger charge is -2.31. The fraction of sp³-hybridized carbons (Fsp3) is 0.500. The molecular formula is C48H69N9O7. The van der Waals surface area contributed by atoms with Gasteiger partial charge in [-0.25, -0.2) is 0 Å². The molecule has 0 aliphatic carbocycles. The average Bonchev–Trinajstić information content (AvgIpc) is 3.25. The molecule has 1 fully saturated rings. The van der Waals surface area contributed by atoms with Crippen molar-refractivity contribution in [3.8, 4) is 12.0 Å². The van der Waals surface area contributed by atoms with Gasteiger partial charge in [-0.1, -0.05) is 91.4 Å². The van der Waals surface area contributed by atoms with E-state index in [0.717, 1.165) is 75.6 Å². The van der Waals surface area contributed by atoms with E-state index in [9.17, 15) is 19.2 Å². The second kappa shape index (κ2) is 25.2. The average molecular weight is 884 g/mol. The maximum atomic E-state index is 12.5. The van der Waals surface area contributed by atoms with Crippen molar-refractivity contribution in [3.05, 3.63) is 81.9 Å². The number of aldehydes is 1. The van der Waals surface area contributed by atoms with Gasteiger partial charge in [-0.05, 0) is 61.5 Å². The van der Waals surface area contributed by atoms with Gasteiger partial charge >= 0.3 is 18.0 Å². The topological polar surface area (TPSA) is 209 Å². The first-order valence-electron chi connectivity index (χ1n) is 21.1. The van der Waals surface area contributed by atoms with Crippen LogP contribution in [0.5, 0.6) is 12.0 Å². The highest BCUT2D eigenvalue weighted by Crippen LogP contribution is 2.32. The van der Waals surface area contributed by atoms with Gasteiger partial charge < -0.3 is 35.5 Å². The van der Waals surface area contributed by atoms with E-state index in [1.807, 2.05) is 28.0 Å². The number of nitrogens with zero attached hydrogens (tertiary/aromatic N) is 7. The van der Waals surface area contributed by atoms with E-state index in [1.54, 1.807) is 12.1 Å². The number of carbonyl (C=O) groups is 4. The van der Waals surface area contributed by atoms with Gasteiger partial charge in [-0.3, -0.25) is 24.1 Å². The van der Waals surface area contributed by atoms with Gasteiger partial charge in [-0.2, -0.15) is 19.9 Å². The van der Waals surface area contributed by atoms with Crippen LogP contribution in [0.15, 0.2) is 48.5 Å². The monoisotopic (exact) mass is 884 g/mol. The van der Waals surface area contributed by atoms with Gasteiger partial charge in [0.1, 0.15) is 29.6 Å². The number of benzene rings is 2. The Morgan fingerprint density at radius 2 is 1.19 bits per heavy atom. The molecule has 3 aliphatic rings. The molecule has 0 unspecified atom stereocenters. The van der Waals surface area contributed by atoms with Crippen molar-refractivity contribution < 1.29 is 33.4 Å². The minimum atomic E-state index is -0.105. The Labute approximate surface area is 379 Å². The summed E-state index contributed by atoms with van der Waals surface area (Å²) in [6.07, 6.45) is 6.76. The Balaban J connectivity index is 0.000000338. The zero-order valence-corrected chi connectivity index (χ0v) is 35.4. The molecule has 7 rings (SSSR count). The number of piperidine rings is 1. The number of rotatable bonds is 16. The fourth-order valence-electron chi connectivity index (χ4n) is 7.67. The molecule has 4 aromatic rings. The van der Waals surface area contributed by atoms with Crippen molar-refractivity contribution >= 4 is 47.1 Å². The lowest BCUT2D eigenvalue weighted by atomic mass is 9.96. The number of nitrogen functional groups attached to an aromatic ring is 2. The Hall–Kier alpha value is -6.16. The second-order valence-electron chi connectivity index (χ2n) is 15.7. The third kappa shape index (κ3) is 13.9. The molecule has 0 bridgehead atoms. The molecule has 64 heavy (non-hydrogen) atoms. The van der Waals surface area contributed by atoms with Gasteiger partial charge in [0, 0.05) is 49.2 Å². The number of likely N-dealkylation sites (tertiary alicyclic amines) is 1. The number of nitrogens with two attached hydrogens (primary N) is 2. The standard InChI is InChI=1S/C26H35N5O4.C19H22N4O3.3CH4/c1-3-4-12-35-26-28-23(27)22-14-21(32)17-31(24(22)29-26)16-19-7-5-6-18(13-19)15-30-10-8-20(9-11-30)25(33)34-2;1-2-3-7-26-19-21-17(20)16-9-15(25)11-23(18(16)22-19)10-13-5-4-6-14(8-13)12-24;;;/h5-7,13,20H,3-4,8-12,14-17H2,1-2H3,(H2,27,28,29);4-6,8,12H,2-3,7,9-11H2,1H3,(H2,20,21,22);3*1H4. The number of esters is 1. The van der Waals surface area contributed by atoms with Crippen LogP contribution in [0.2, 0.25) is 0 Å². The van der Waals surface area contributed by atoms with Gasteiger partial charge in [0.2, 0.25) is 0 Å². The molecule has 4 N–H and O–H groups in total. The highest BCUT2D eigenvalue weighted by atomic mass is 16.5. The van der Waals surface area contributed by atoms with E-state index in [-0.39, 0.29) is 89.5 Å². The third-order valence-electron chi connectivity index (χ3n) is 10.9. The number of Topliss-reactive ketones (excluding diaryl/α,β-unsaturated/α-hetero) is 2. The first-order chi connectivity index (χ1) is 29.6. The van der Waals surface area contributed by atoms with Gasteiger partial charge in [0.15, 0.2) is 11.6 Å². The first kappa shape index (κ1) is 52.2. The minimum absolute atomic E-state index is 0. The maximum absolute atomic E-state index is 12.5. The van der Waals surface area contributed by atoms with Crippen molar-refractivity contribution in [1.29, 1.82) is 0 Å². The van der Waals surface area contributed by atoms with Crippen LogP contribution in [-0.4, -0.2) is 95.2 Å². The first-order valence-corrected chi connectivity index (χ1v) is 21.1. The smallest absolute Gasteiger partial charge is 0.320 e. The van der Waals surface area contributed by atoms with Gasteiger partial charge in [0.05, 0.1) is 39.3 Å². The van der Waals surface area contributed by atoms with E-state index in [4.69, 9.17) is 25.7 Å². The highest BCUT2D eigenvalue weighted by molar-refractivity contribution is 5.92. The number of ketones is 2. The molecule has 2 aromatic heterocycles. The predicted molar refractivity (Wildman–Crippen MR) is 252 cm³/mol. The van der Waals surface area contributed by atoms with E-state index >= 15 is 0 Å². The molecule has 0 radical (unpaired) electrons. The number of hydrogen-bond acceptors (Lipinski definition) is 16. The number of carbonyl (C=O) groups excluding carboxylic acids is 4. The molecule has 1 saturated heterocycles. The zero-order chi connectivity index (χ0) is 43.3. The van der Waals surface area contributed by atoms with Crippen LogP contribution in [-0.2, 0) is 51.6 Å². The second-order valence-corrected chi connectivity index (χ2v) is 15.7. The minimum Gasteiger partial charge on any atom is -0.469 e. The number of methoxy groups -OCH3 is 1. The summed E-state index contributed by atoms with van der Waals surface area (Å²) >= 11 is 0. The lowest BCUT2D eigenvalue weighted by Crippen LogP contribution is -2.37. The summed E-state index contributed by atoms with van der Waals surface area (Å²) < 4.78 is 16.2. The predicted octanol–water partition coefficient (Wildman–Crippen LogP) is 6.84. The summed E-state index contributed by atoms with van der Waals surface area (Å²) in [6.45, 7) is 9.30. The van der Waals surface area contributed by atoms with Crippen LogP contribution in [0, 0.1) is 5.92 Å². The number of fused-ring (bicyclic) bond motifs is 2. The van der Waals surface area contributed by atoms with Crippen molar-refractivity contribution in [2.75, 3.05) is 67.8 Å². The third-order valence-corrected chi connectivity index (χ3v) is 10.9. The normalized spacial score (nSPS) is 14.6. The molecule has 0 spiro atoms. The van der Waals surface area contributed by atoms with Gasteiger partial charge in [0.25, 0.3) is 0 Å². The lowest BCUT2D eigenvalue weighted by molar-refractivity contribution is -0.147. The number of aromatic nitrogens is 4. The summed E-state index contributed by atoms with van der Waals surface area (Å²) in [7, 11) is 1.45. The molecule has 16 nitrogen and oxygen atoms in total. The Morgan fingerprint density at radius 1 is 0.719 bits per heavy atom. The molecule has 16 heteroatoms. The summed E-state index contributed by atoms with van der Waals surface area (Å²) in [5.41, 5.74) is 17.4. The molecular weight excluding hydrogens is 815 g/mol. The zero-order valence-electron chi connectivity index (χ0n) is 35.4. The Bertz CT molecular complexity index is 2180. The van der Waals surface area contributed by atoms with Crippen molar-refractivity contribution in [1.82, 2.24) is 24.8 Å². The van der Waals surface area contributed by atoms with E-state index in [2.05, 4.69) is 56.9 Å². The summed E-state index contributed by atoms with van der Waals surface area (Å²) in [5.74, 6) is 1.94. The SMILES string of the molecule is C.C.C.CCCCOc1nc(N)c2c(n1)N(Cc1cccc(C=O)c1)CC(=O)C2.CCCCOc1nc(N)c2c(n1)N(Cc1cccc(CN3CCC(C(=O)OC)CC3)c1)CC(=O)C2. The number of anilines is 4. The summed E-state index contributed by atoms with van der Waals surface area (Å²) in [4.78, 5) is 71.2. The van der Waals surface area contributed by atoms with Crippen LogP contribution in [0.25, 0.3) is 0 Å². The molecule has 0 atom stereocenters. The summed E-state index contributed by atoms with van der Waals surface area (Å²) in [6, 6.07) is 16.2. The van der Waals surface area contributed by atoms with Crippen LogP contribution < -0.4 is 30.7 Å². The molecule has 5 heterocycles. The van der Waals surface area contributed by atoms with Crippen molar-refractivity contribution in [3.63, 3.8) is 0 Å². The number of ether oxygens (including phenoxy) is 3. The molecule has 348 valence electrons. The number of unbranched alkanes of at least 4 members (excludes halogenated alkanes) is 2. The van der Waals surface area contributed by atoms with Crippen LogP contribution in [0.4, 0.5) is 23.3 Å². The Kier molecular flexibility index (Phi) is 20.6. The Morgan fingerprint density at radius 3 is 1.66 bits per heavy atom. The van der Waals surface area contributed by atoms with Crippen molar-refractivity contribution in [2.24, 2.45) is 5.92 Å². The van der Waals surface area contributed by atoms with E-state index in [1.165, 1.54) is 12.7 Å². The molecule has 0 saturated carbocycles. The largest absolute Gasteiger partial charge is 0.469 e. The van der Waals surface area contributed by atoms with Crippen LogP contribution in [0.3, 0.4) is 0 Å². The number of hydrogen-bond donors (Lipinski definition) is 2. The molecule has 0 amide bonds.